The molecule has 0 N–H and O–H groups in total. The van der Waals surface area contributed by atoms with Crippen molar-refractivity contribution in [1.82, 2.24) is 0 Å². The second-order valence-electron chi connectivity index (χ2n) is 4.17. The number of ether oxygens (including phenoxy) is 1. The van der Waals surface area contributed by atoms with Gasteiger partial charge in [0.1, 0.15) is 11.6 Å². The predicted molar refractivity (Wildman–Crippen MR) is 82.5 cm³/mol. The van der Waals surface area contributed by atoms with Gasteiger partial charge in [-0.05, 0) is 51.7 Å². The molecule has 0 amide bonds. The van der Waals surface area contributed by atoms with Gasteiger partial charge in [0.15, 0.2) is 0 Å². The second-order valence-corrected chi connectivity index (χ2v) is 6.06. The van der Waals surface area contributed by atoms with Crippen molar-refractivity contribution < 1.29 is 9.13 Å². The lowest BCUT2D eigenvalue weighted by Gasteiger charge is -2.13. The summed E-state index contributed by atoms with van der Waals surface area (Å²) in [5.74, 6) is 0.586. The third kappa shape index (κ3) is 3.57. The van der Waals surface area contributed by atoms with Gasteiger partial charge in [-0.3, -0.25) is 0 Å². The molecule has 0 bridgehead atoms. The maximum atomic E-state index is 13.5. The van der Waals surface area contributed by atoms with Crippen molar-refractivity contribution in [2.75, 3.05) is 7.11 Å². The molecule has 100 valence electrons. The zero-order valence-corrected chi connectivity index (χ0v) is 13.5. The first-order chi connectivity index (χ1) is 9.11. The Bertz CT molecular complexity index is 572. The molecule has 19 heavy (non-hydrogen) atoms. The zero-order valence-electron chi connectivity index (χ0n) is 10.4. The second kappa shape index (κ2) is 6.53. The van der Waals surface area contributed by atoms with Gasteiger partial charge in [0.05, 0.1) is 11.6 Å². The normalized spacial score (nSPS) is 12.2. The molecule has 0 aliphatic heterocycles. The lowest BCUT2D eigenvalue weighted by atomic mass is 10.0. The van der Waals surface area contributed by atoms with Crippen LogP contribution in [0.25, 0.3) is 0 Å². The van der Waals surface area contributed by atoms with Crippen LogP contribution >= 0.6 is 31.9 Å². The van der Waals surface area contributed by atoms with E-state index in [-0.39, 0.29) is 10.6 Å². The van der Waals surface area contributed by atoms with Gasteiger partial charge < -0.3 is 4.74 Å². The molecule has 1 unspecified atom stereocenters. The van der Waals surface area contributed by atoms with Crippen LogP contribution in [0.1, 0.15) is 16.0 Å². The molecule has 1 nitrogen and oxygen atoms in total. The number of halogens is 3. The Kier molecular flexibility index (Phi) is 4.99. The number of alkyl halides is 1. The van der Waals surface area contributed by atoms with Crippen molar-refractivity contribution in [3.8, 4) is 5.75 Å². The molecule has 2 rings (SSSR count). The standard InChI is InChI=1S/C15H13Br2FO/c1-19-11-5-2-4-10(8-11)9-13(16)12-6-3-7-14(18)15(12)17/h2-8,13H,9H2,1H3. The predicted octanol–water partition coefficient (Wildman–Crippen LogP) is 5.28. The van der Waals surface area contributed by atoms with Crippen LogP contribution in [0.4, 0.5) is 4.39 Å². The van der Waals surface area contributed by atoms with E-state index in [1.54, 1.807) is 13.2 Å². The van der Waals surface area contributed by atoms with E-state index in [0.717, 1.165) is 23.3 Å². The fraction of sp³-hybridized carbons (Fsp3) is 0.200. The summed E-state index contributed by atoms with van der Waals surface area (Å²) in [4.78, 5) is 0.0460. The summed E-state index contributed by atoms with van der Waals surface area (Å²) in [5, 5.41) is 0. The Hall–Kier alpha value is -0.870. The van der Waals surface area contributed by atoms with E-state index < -0.39 is 0 Å². The van der Waals surface area contributed by atoms with Crippen LogP contribution in [0.2, 0.25) is 0 Å². The van der Waals surface area contributed by atoms with E-state index in [9.17, 15) is 4.39 Å². The van der Waals surface area contributed by atoms with Crippen LogP contribution in [0.15, 0.2) is 46.9 Å². The van der Waals surface area contributed by atoms with Crippen molar-refractivity contribution in [2.45, 2.75) is 11.2 Å². The highest BCUT2D eigenvalue weighted by Gasteiger charge is 2.14. The van der Waals surface area contributed by atoms with E-state index in [1.165, 1.54) is 6.07 Å². The fourth-order valence-corrected chi connectivity index (χ4v) is 3.48. The first-order valence-electron chi connectivity index (χ1n) is 5.82. The summed E-state index contributed by atoms with van der Waals surface area (Å²) in [7, 11) is 1.65. The lowest BCUT2D eigenvalue weighted by molar-refractivity contribution is 0.414. The van der Waals surface area contributed by atoms with E-state index in [2.05, 4.69) is 31.9 Å². The first kappa shape index (κ1) is 14.5. The van der Waals surface area contributed by atoms with Crippen molar-refractivity contribution in [3.05, 3.63) is 63.9 Å². The number of methoxy groups -OCH3 is 1. The molecule has 0 heterocycles. The Morgan fingerprint density at radius 3 is 2.68 bits per heavy atom. The van der Waals surface area contributed by atoms with Crippen LogP contribution in [-0.4, -0.2) is 7.11 Å². The smallest absolute Gasteiger partial charge is 0.137 e. The van der Waals surface area contributed by atoms with Crippen LogP contribution in [-0.2, 0) is 6.42 Å². The van der Waals surface area contributed by atoms with Gasteiger partial charge in [-0.2, -0.15) is 0 Å². The molecule has 0 saturated carbocycles. The number of benzene rings is 2. The molecule has 0 spiro atoms. The van der Waals surface area contributed by atoms with E-state index in [1.807, 2.05) is 30.3 Å². The van der Waals surface area contributed by atoms with E-state index in [4.69, 9.17) is 4.74 Å². The molecule has 0 radical (unpaired) electrons. The molecule has 2 aromatic rings. The molecule has 0 saturated heterocycles. The fourth-order valence-electron chi connectivity index (χ4n) is 1.88. The summed E-state index contributed by atoms with van der Waals surface area (Å²) < 4.78 is 19.2. The van der Waals surface area contributed by atoms with Crippen LogP contribution in [0, 0.1) is 5.82 Å². The van der Waals surface area contributed by atoms with Crippen molar-refractivity contribution >= 4 is 31.9 Å². The Labute approximate surface area is 129 Å². The highest BCUT2D eigenvalue weighted by atomic mass is 79.9. The van der Waals surface area contributed by atoms with Crippen LogP contribution < -0.4 is 4.74 Å². The van der Waals surface area contributed by atoms with E-state index >= 15 is 0 Å². The minimum absolute atomic E-state index is 0.0460. The topological polar surface area (TPSA) is 9.23 Å². The quantitative estimate of drug-likeness (QED) is 0.649. The van der Waals surface area contributed by atoms with Crippen LogP contribution in [0.5, 0.6) is 5.75 Å². The number of hydrogen-bond donors (Lipinski definition) is 0. The Morgan fingerprint density at radius 2 is 1.95 bits per heavy atom. The highest BCUT2D eigenvalue weighted by molar-refractivity contribution is 9.11. The third-order valence-corrected chi connectivity index (χ3v) is 4.52. The summed E-state index contributed by atoms with van der Waals surface area (Å²) in [6.45, 7) is 0. The maximum Gasteiger partial charge on any atom is 0.137 e. The SMILES string of the molecule is COc1cccc(CC(Br)c2cccc(F)c2Br)c1. The monoisotopic (exact) mass is 386 g/mol. The average Bonchev–Trinajstić information content (AvgIpc) is 2.42. The molecule has 0 fully saturated rings. The lowest BCUT2D eigenvalue weighted by Crippen LogP contribution is -1.98. The Balaban J connectivity index is 2.20. The molecule has 0 aliphatic carbocycles. The van der Waals surface area contributed by atoms with Crippen molar-refractivity contribution in [3.63, 3.8) is 0 Å². The van der Waals surface area contributed by atoms with Crippen LogP contribution in [0.3, 0.4) is 0 Å². The zero-order chi connectivity index (χ0) is 13.8. The summed E-state index contributed by atoms with van der Waals surface area (Å²) in [6, 6.07) is 13.0. The molecule has 0 aromatic heterocycles. The molecular weight excluding hydrogens is 375 g/mol. The molecule has 1 atom stereocenters. The molecular formula is C15H13Br2FO. The van der Waals surface area contributed by atoms with Gasteiger partial charge in [0, 0.05) is 4.83 Å². The minimum atomic E-state index is -0.243. The third-order valence-electron chi connectivity index (χ3n) is 2.87. The number of rotatable bonds is 4. The average molecular weight is 388 g/mol. The first-order valence-corrected chi connectivity index (χ1v) is 7.53. The van der Waals surface area contributed by atoms with Gasteiger partial charge in [-0.15, -0.1) is 0 Å². The van der Waals surface area contributed by atoms with Gasteiger partial charge in [-0.25, -0.2) is 4.39 Å². The molecule has 2 aromatic carbocycles. The highest BCUT2D eigenvalue weighted by Crippen LogP contribution is 2.34. The van der Waals surface area contributed by atoms with Gasteiger partial charge in [-0.1, -0.05) is 40.2 Å². The van der Waals surface area contributed by atoms with Crippen molar-refractivity contribution in [1.29, 1.82) is 0 Å². The van der Waals surface area contributed by atoms with Crippen molar-refractivity contribution in [2.24, 2.45) is 0 Å². The summed E-state index contributed by atoms with van der Waals surface area (Å²) >= 11 is 6.91. The van der Waals surface area contributed by atoms with Gasteiger partial charge in [0.25, 0.3) is 0 Å². The number of hydrogen-bond acceptors (Lipinski definition) is 1. The van der Waals surface area contributed by atoms with E-state index in [0.29, 0.717) is 4.47 Å². The van der Waals surface area contributed by atoms with Gasteiger partial charge in [0.2, 0.25) is 0 Å². The largest absolute Gasteiger partial charge is 0.497 e. The summed E-state index contributed by atoms with van der Waals surface area (Å²) in [5.41, 5.74) is 2.04. The molecule has 0 aliphatic rings. The maximum absolute atomic E-state index is 13.5. The minimum Gasteiger partial charge on any atom is -0.497 e. The Morgan fingerprint density at radius 1 is 1.21 bits per heavy atom. The summed E-state index contributed by atoms with van der Waals surface area (Å²) in [6.07, 6.45) is 0.763. The molecule has 4 heteroatoms. The van der Waals surface area contributed by atoms with Gasteiger partial charge >= 0.3 is 0 Å².